The molecule has 1 N–H and O–H groups in total. The lowest BCUT2D eigenvalue weighted by molar-refractivity contribution is -0.137. The first-order chi connectivity index (χ1) is 14.4. The van der Waals surface area contributed by atoms with Crippen molar-refractivity contribution < 1.29 is 24.2 Å². The summed E-state index contributed by atoms with van der Waals surface area (Å²) < 4.78 is 12.3. The van der Waals surface area contributed by atoms with Crippen LogP contribution in [0.1, 0.15) is 40.7 Å². The van der Waals surface area contributed by atoms with Crippen LogP contribution in [0.15, 0.2) is 40.4 Å². The highest BCUT2D eigenvalue weighted by Crippen LogP contribution is 2.37. The van der Waals surface area contributed by atoms with Crippen LogP contribution in [0.3, 0.4) is 0 Å². The highest BCUT2D eigenvalue weighted by Gasteiger charge is 2.26. The van der Waals surface area contributed by atoms with Crippen molar-refractivity contribution in [1.29, 1.82) is 0 Å². The van der Waals surface area contributed by atoms with Crippen LogP contribution in [0.4, 0.5) is 0 Å². The number of benzene rings is 2. The lowest BCUT2D eigenvalue weighted by atomic mass is 9.97. The molecule has 2 aromatic rings. The van der Waals surface area contributed by atoms with E-state index in [1.54, 1.807) is 24.3 Å². The van der Waals surface area contributed by atoms with Crippen LogP contribution in [0.2, 0.25) is 5.02 Å². The lowest BCUT2D eigenvalue weighted by Gasteiger charge is -2.21. The molecule has 2 aromatic carbocycles. The van der Waals surface area contributed by atoms with Gasteiger partial charge in [0.1, 0.15) is 18.1 Å². The van der Waals surface area contributed by atoms with Gasteiger partial charge in [-0.3, -0.25) is 9.59 Å². The third kappa shape index (κ3) is 5.65. The molecule has 0 saturated carbocycles. The maximum absolute atomic E-state index is 13.0. The number of rotatable bonds is 8. The molecule has 0 bridgehead atoms. The number of halogens is 3. The molecule has 0 spiro atoms. The number of unbranched alkanes of at least 4 members (excludes halogenated alkanes) is 1. The molecule has 30 heavy (non-hydrogen) atoms. The van der Waals surface area contributed by atoms with E-state index >= 15 is 0 Å². The summed E-state index contributed by atoms with van der Waals surface area (Å²) in [7, 11) is 0. The predicted molar refractivity (Wildman–Crippen MR) is 123 cm³/mol. The number of Topliss-reactive ketones (excluding diaryl/α,β-unsaturated/α-hetero) is 1. The third-order valence-electron chi connectivity index (χ3n) is 4.50. The maximum atomic E-state index is 13.0. The standard InChI is InChI=1S/C22H19Br2ClO5/c23-11-14-8-16-21(28)15(12-30-22(16)17(24)9-14)7-13-4-5-18(25)19(10-13)29-6-2-1-3-20(26)27/h4-5,7-10H,1-3,6,11-12H2,(H,26,27)/b15-7+. The van der Waals surface area contributed by atoms with E-state index in [9.17, 15) is 9.59 Å². The molecular weight excluding hydrogens is 539 g/mol. The molecule has 0 unspecified atom stereocenters. The average Bonchev–Trinajstić information content (AvgIpc) is 2.71. The molecule has 0 fully saturated rings. The first-order valence-corrected chi connectivity index (χ1v) is 11.6. The van der Waals surface area contributed by atoms with Crippen molar-refractivity contribution in [3.8, 4) is 11.5 Å². The van der Waals surface area contributed by atoms with Crippen LogP contribution in [0, 0.1) is 0 Å². The van der Waals surface area contributed by atoms with E-state index in [1.807, 2.05) is 12.1 Å². The molecule has 0 aliphatic carbocycles. The van der Waals surface area contributed by atoms with E-state index < -0.39 is 5.97 Å². The van der Waals surface area contributed by atoms with Gasteiger partial charge in [0.2, 0.25) is 0 Å². The Hall–Kier alpha value is -1.83. The van der Waals surface area contributed by atoms with Gasteiger partial charge in [-0.05, 0) is 70.2 Å². The highest BCUT2D eigenvalue weighted by atomic mass is 79.9. The molecule has 0 amide bonds. The van der Waals surface area contributed by atoms with Gasteiger partial charge in [0, 0.05) is 17.3 Å². The van der Waals surface area contributed by atoms with Crippen molar-refractivity contribution in [2.45, 2.75) is 24.6 Å². The van der Waals surface area contributed by atoms with Crippen LogP contribution < -0.4 is 9.47 Å². The second-order valence-electron chi connectivity index (χ2n) is 6.76. The maximum Gasteiger partial charge on any atom is 0.303 e. The summed E-state index contributed by atoms with van der Waals surface area (Å²) in [5.41, 5.74) is 2.81. The van der Waals surface area contributed by atoms with E-state index in [0.29, 0.717) is 52.4 Å². The van der Waals surface area contributed by atoms with E-state index in [0.717, 1.165) is 15.6 Å². The van der Waals surface area contributed by atoms with Crippen molar-refractivity contribution in [2.24, 2.45) is 0 Å². The number of aliphatic carboxylic acids is 1. The number of alkyl halides is 1. The fourth-order valence-corrected chi connectivity index (χ4v) is 4.14. The zero-order valence-corrected chi connectivity index (χ0v) is 19.8. The van der Waals surface area contributed by atoms with Gasteiger partial charge in [0.15, 0.2) is 5.78 Å². The Labute approximate surface area is 196 Å². The van der Waals surface area contributed by atoms with Crippen molar-refractivity contribution in [3.63, 3.8) is 0 Å². The number of carbonyl (C=O) groups excluding carboxylic acids is 1. The Bertz CT molecular complexity index is 1000. The van der Waals surface area contributed by atoms with Gasteiger partial charge in [-0.1, -0.05) is 33.6 Å². The largest absolute Gasteiger partial charge is 0.492 e. The summed E-state index contributed by atoms with van der Waals surface area (Å²) in [6, 6.07) is 9.04. The normalized spacial score (nSPS) is 14.4. The Morgan fingerprint density at radius 1 is 1.27 bits per heavy atom. The molecule has 0 atom stereocenters. The molecule has 1 aliphatic rings. The number of ketones is 1. The van der Waals surface area contributed by atoms with Gasteiger partial charge in [-0.25, -0.2) is 0 Å². The zero-order chi connectivity index (χ0) is 21.7. The smallest absolute Gasteiger partial charge is 0.303 e. The monoisotopic (exact) mass is 556 g/mol. The van der Waals surface area contributed by atoms with Crippen LogP contribution in [-0.2, 0) is 10.1 Å². The summed E-state index contributed by atoms with van der Waals surface area (Å²) in [5, 5.41) is 9.77. The lowest BCUT2D eigenvalue weighted by Crippen LogP contribution is -2.19. The van der Waals surface area contributed by atoms with Crippen molar-refractivity contribution >= 4 is 61.3 Å². The minimum atomic E-state index is -0.821. The summed E-state index contributed by atoms with van der Waals surface area (Å²) >= 11 is 13.1. The van der Waals surface area contributed by atoms with Crippen LogP contribution >= 0.6 is 43.5 Å². The summed E-state index contributed by atoms with van der Waals surface area (Å²) in [5.74, 6) is 0.155. The molecule has 1 aliphatic heterocycles. The summed E-state index contributed by atoms with van der Waals surface area (Å²) in [6.07, 6.45) is 3.03. The molecular formula is C22H19Br2ClO5. The molecule has 0 aromatic heterocycles. The first-order valence-electron chi connectivity index (χ1n) is 9.29. The number of hydrogen-bond donors (Lipinski definition) is 1. The summed E-state index contributed by atoms with van der Waals surface area (Å²) in [4.78, 5) is 23.6. The minimum absolute atomic E-state index is 0.0779. The number of hydrogen-bond acceptors (Lipinski definition) is 4. The van der Waals surface area contributed by atoms with Gasteiger partial charge in [-0.2, -0.15) is 0 Å². The fourth-order valence-electron chi connectivity index (χ4n) is 3.02. The molecule has 3 rings (SSSR count). The van der Waals surface area contributed by atoms with Crippen LogP contribution in [-0.4, -0.2) is 30.1 Å². The second-order valence-corrected chi connectivity index (χ2v) is 8.59. The quantitative estimate of drug-likeness (QED) is 0.234. The Morgan fingerprint density at radius 2 is 2.07 bits per heavy atom. The molecule has 158 valence electrons. The van der Waals surface area contributed by atoms with Gasteiger partial charge in [0.05, 0.1) is 21.7 Å². The van der Waals surface area contributed by atoms with E-state index in [1.165, 1.54) is 0 Å². The number of carbonyl (C=O) groups is 2. The zero-order valence-electron chi connectivity index (χ0n) is 15.9. The van der Waals surface area contributed by atoms with Gasteiger partial charge in [0.25, 0.3) is 0 Å². The van der Waals surface area contributed by atoms with E-state index in [2.05, 4.69) is 31.9 Å². The fraction of sp³-hybridized carbons (Fsp3) is 0.273. The van der Waals surface area contributed by atoms with E-state index in [-0.39, 0.29) is 18.8 Å². The Morgan fingerprint density at radius 3 is 2.80 bits per heavy atom. The average molecular weight is 559 g/mol. The number of ether oxygens (including phenoxy) is 2. The number of carboxylic acid groups (broad SMARTS) is 1. The van der Waals surface area contributed by atoms with Gasteiger partial charge >= 0.3 is 5.97 Å². The number of fused-ring (bicyclic) bond motifs is 1. The van der Waals surface area contributed by atoms with Gasteiger partial charge in [-0.15, -0.1) is 0 Å². The molecule has 0 radical (unpaired) electrons. The molecule has 8 heteroatoms. The van der Waals surface area contributed by atoms with Crippen LogP contribution in [0.5, 0.6) is 11.5 Å². The highest BCUT2D eigenvalue weighted by molar-refractivity contribution is 9.10. The third-order valence-corrected chi connectivity index (χ3v) is 6.05. The van der Waals surface area contributed by atoms with Crippen molar-refractivity contribution in [3.05, 3.63) is 62.1 Å². The Kier molecular flexibility index (Phi) is 7.97. The Balaban J connectivity index is 1.76. The molecule has 5 nitrogen and oxygen atoms in total. The topological polar surface area (TPSA) is 72.8 Å². The second kappa shape index (κ2) is 10.5. The SMILES string of the molecule is O=C(O)CCCCOc1cc(/C=C2\COc3c(Br)cc(CBr)cc3C2=O)ccc1Cl. The predicted octanol–water partition coefficient (Wildman–Crippen LogP) is 6.29. The van der Waals surface area contributed by atoms with Crippen LogP contribution in [0.25, 0.3) is 6.08 Å². The summed E-state index contributed by atoms with van der Waals surface area (Å²) in [6.45, 7) is 0.540. The van der Waals surface area contributed by atoms with E-state index in [4.69, 9.17) is 26.2 Å². The molecule has 1 heterocycles. The van der Waals surface area contributed by atoms with Crippen molar-refractivity contribution in [1.82, 2.24) is 0 Å². The van der Waals surface area contributed by atoms with Crippen molar-refractivity contribution in [2.75, 3.05) is 13.2 Å². The minimum Gasteiger partial charge on any atom is -0.492 e. The van der Waals surface area contributed by atoms with Gasteiger partial charge < -0.3 is 14.6 Å². The number of carboxylic acids is 1. The molecule has 0 saturated heterocycles. The first kappa shape index (κ1) is 22.8.